The molecular weight excluding hydrogens is 511 g/mol. The van der Waals surface area contributed by atoms with E-state index in [0.717, 1.165) is 27.7 Å². The fourth-order valence-electron chi connectivity index (χ4n) is 3.01. The number of carbonyl (C=O) groups is 5. The van der Waals surface area contributed by atoms with E-state index in [9.17, 15) is 28.5 Å². The zero-order chi connectivity index (χ0) is 27.5. The van der Waals surface area contributed by atoms with Gasteiger partial charge in [0.25, 0.3) is 0 Å². The Hall–Kier alpha value is -2.58. The van der Waals surface area contributed by atoms with E-state index < -0.39 is 81.6 Å². The summed E-state index contributed by atoms with van der Waals surface area (Å²) in [7, 11) is -4.07. The van der Waals surface area contributed by atoms with E-state index in [1.165, 1.54) is 13.8 Å². The highest BCUT2D eigenvalue weighted by Gasteiger charge is 2.53. The Morgan fingerprint density at radius 2 is 1.19 bits per heavy atom. The summed E-state index contributed by atoms with van der Waals surface area (Å²) in [5.74, 6) is -4.42. The largest absolute Gasteiger partial charge is 0.475 e. The Bertz CT molecular complexity index is 833. The molecule has 1 aliphatic heterocycles. The highest BCUT2D eigenvalue weighted by molar-refractivity contribution is 7.48. The molecule has 1 heterocycles. The molecule has 206 valence electrons. The van der Waals surface area contributed by atoms with E-state index in [2.05, 4.69) is 0 Å². The van der Waals surface area contributed by atoms with Crippen LogP contribution in [0, 0.1) is 0 Å². The highest BCUT2D eigenvalue weighted by atomic mass is 31.2. The van der Waals surface area contributed by atoms with Crippen molar-refractivity contribution < 1.29 is 70.5 Å². The number of hydrogen-bond donors (Lipinski definition) is 0. The van der Waals surface area contributed by atoms with Crippen molar-refractivity contribution in [2.45, 2.75) is 72.2 Å². The summed E-state index contributed by atoms with van der Waals surface area (Å²) in [6, 6.07) is 0. The van der Waals surface area contributed by atoms with Crippen LogP contribution in [0.5, 0.6) is 0 Å². The molecule has 0 aliphatic carbocycles. The topological polar surface area (TPSA) is 185 Å². The Morgan fingerprint density at radius 1 is 0.694 bits per heavy atom. The van der Waals surface area contributed by atoms with Gasteiger partial charge >= 0.3 is 37.7 Å². The van der Waals surface area contributed by atoms with Crippen LogP contribution in [0.2, 0.25) is 0 Å². The summed E-state index contributed by atoms with van der Waals surface area (Å²) in [5.41, 5.74) is 0. The van der Waals surface area contributed by atoms with Crippen molar-refractivity contribution in [3.05, 3.63) is 0 Å². The number of phosphoric acid groups is 1. The molecule has 16 heteroatoms. The lowest BCUT2D eigenvalue weighted by Gasteiger charge is -2.43. The van der Waals surface area contributed by atoms with Crippen LogP contribution in [-0.4, -0.2) is 87.0 Å². The van der Waals surface area contributed by atoms with Gasteiger partial charge < -0.3 is 28.4 Å². The Balaban J connectivity index is 3.24. The molecule has 0 spiro atoms. The van der Waals surface area contributed by atoms with Crippen molar-refractivity contribution in [3.8, 4) is 0 Å². The highest BCUT2D eigenvalue weighted by Crippen LogP contribution is 2.49. The first-order valence-corrected chi connectivity index (χ1v) is 12.3. The minimum Gasteiger partial charge on any atom is -0.463 e. The first-order valence-electron chi connectivity index (χ1n) is 10.8. The maximum atomic E-state index is 12.5. The zero-order valence-electron chi connectivity index (χ0n) is 20.8. The summed E-state index contributed by atoms with van der Waals surface area (Å²) < 4.78 is 58.5. The van der Waals surface area contributed by atoms with Crippen molar-refractivity contribution in [1.82, 2.24) is 0 Å². The summed E-state index contributed by atoms with van der Waals surface area (Å²) in [5, 5.41) is 0. The number of rotatable bonds is 13. The normalized spacial score (nSPS) is 23.8. The molecule has 1 fully saturated rings. The van der Waals surface area contributed by atoms with Crippen LogP contribution < -0.4 is 0 Å². The lowest BCUT2D eigenvalue weighted by atomic mass is 9.98. The Morgan fingerprint density at radius 3 is 1.67 bits per heavy atom. The van der Waals surface area contributed by atoms with E-state index in [0.29, 0.717) is 0 Å². The van der Waals surface area contributed by atoms with Crippen LogP contribution in [0.4, 0.5) is 0 Å². The van der Waals surface area contributed by atoms with Crippen LogP contribution in [0.3, 0.4) is 0 Å². The standard InChI is InChI=1S/C20H31O15P/c1-7-28-36(26,29-8-2)30-10-16(25)35-20-19(33-14(6)24)18(32-13(5)23)17(31-12(4)22)15(34-20)9-27-11(3)21/h15,17-20H,7-10H2,1-6H3/t15-,17+,18+,19-,20-/m1/s1. The SMILES string of the molecule is CCOP(=O)(OCC)OCC(=O)O[C@H]1O[C@H](COC(C)=O)[C@H](OC(C)=O)[C@H](OC(C)=O)[C@H]1OC(C)=O. The van der Waals surface area contributed by atoms with Gasteiger partial charge in [-0.3, -0.25) is 32.7 Å². The van der Waals surface area contributed by atoms with Crippen molar-refractivity contribution in [2.24, 2.45) is 0 Å². The molecule has 1 aliphatic rings. The Kier molecular flexibility index (Phi) is 13.0. The molecule has 15 nitrogen and oxygen atoms in total. The predicted octanol–water partition coefficient (Wildman–Crippen LogP) is 0.810. The molecule has 1 rings (SSSR count). The van der Waals surface area contributed by atoms with Crippen LogP contribution in [0.1, 0.15) is 41.5 Å². The summed E-state index contributed by atoms with van der Waals surface area (Å²) >= 11 is 0. The van der Waals surface area contributed by atoms with Gasteiger partial charge in [0, 0.05) is 27.7 Å². The average Bonchev–Trinajstić information content (AvgIpc) is 2.74. The van der Waals surface area contributed by atoms with Gasteiger partial charge in [-0.1, -0.05) is 0 Å². The van der Waals surface area contributed by atoms with Gasteiger partial charge in [-0.15, -0.1) is 0 Å². The fraction of sp³-hybridized carbons (Fsp3) is 0.750. The maximum Gasteiger partial charge on any atom is 0.475 e. The molecule has 0 N–H and O–H groups in total. The molecule has 0 unspecified atom stereocenters. The van der Waals surface area contributed by atoms with E-state index in [1.54, 1.807) is 0 Å². The molecule has 0 aromatic heterocycles. The number of hydrogen-bond acceptors (Lipinski definition) is 15. The molecule has 0 aromatic rings. The number of phosphoric ester groups is 1. The Labute approximate surface area is 207 Å². The third-order valence-corrected chi connectivity index (χ3v) is 5.70. The first kappa shape index (κ1) is 31.4. The summed E-state index contributed by atoms with van der Waals surface area (Å²) in [6.45, 7) is 5.80. The minimum absolute atomic E-state index is 0.0357. The third kappa shape index (κ3) is 10.6. The molecule has 0 bridgehead atoms. The molecular formula is C20H31O15P. The van der Waals surface area contributed by atoms with Gasteiger partial charge in [-0.2, -0.15) is 0 Å². The molecule has 0 radical (unpaired) electrons. The zero-order valence-corrected chi connectivity index (χ0v) is 21.7. The fourth-order valence-corrected chi connectivity index (χ4v) is 4.13. The average molecular weight is 542 g/mol. The molecule has 36 heavy (non-hydrogen) atoms. The number of ether oxygens (including phenoxy) is 6. The quantitative estimate of drug-likeness (QED) is 0.181. The second-order valence-electron chi connectivity index (χ2n) is 7.11. The summed E-state index contributed by atoms with van der Waals surface area (Å²) in [6.07, 6.45) is -7.62. The molecule has 1 saturated heterocycles. The lowest BCUT2D eigenvalue weighted by Crippen LogP contribution is -2.63. The predicted molar refractivity (Wildman–Crippen MR) is 115 cm³/mol. The molecule has 0 aromatic carbocycles. The smallest absolute Gasteiger partial charge is 0.463 e. The van der Waals surface area contributed by atoms with Gasteiger partial charge in [-0.25, -0.2) is 9.36 Å². The maximum absolute atomic E-state index is 12.5. The van der Waals surface area contributed by atoms with Gasteiger partial charge in [0.05, 0.1) is 13.2 Å². The van der Waals surface area contributed by atoms with E-state index in [-0.39, 0.29) is 13.2 Å². The first-order chi connectivity index (χ1) is 16.8. The second-order valence-corrected chi connectivity index (χ2v) is 8.78. The van der Waals surface area contributed by atoms with Gasteiger partial charge in [0.1, 0.15) is 12.7 Å². The van der Waals surface area contributed by atoms with E-state index >= 15 is 0 Å². The molecule has 5 atom stereocenters. The number of esters is 5. The van der Waals surface area contributed by atoms with E-state index in [1.807, 2.05) is 0 Å². The van der Waals surface area contributed by atoms with Crippen LogP contribution in [0.25, 0.3) is 0 Å². The van der Waals surface area contributed by atoms with Crippen LogP contribution in [0.15, 0.2) is 0 Å². The van der Waals surface area contributed by atoms with Gasteiger partial charge in [0.2, 0.25) is 12.4 Å². The third-order valence-electron chi connectivity index (χ3n) is 4.11. The molecule has 0 amide bonds. The second kappa shape index (κ2) is 14.9. The number of carbonyl (C=O) groups excluding carboxylic acids is 5. The van der Waals surface area contributed by atoms with Gasteiger partial charge in [-0.05, 0) is 13.8 Å². The molecule has 0 saturated carbocycles. The lowest BCUT2D eigenvalue weighted by molar-refractivity contribution is -0.301. The van der Waals surface area contributed by atoms with Crippen LogP contribution >= 0.6 is 7.82 Å². The van der Waals surface area contributed by atoms with Crippen molar-refractivity contribution in [2.75, 3.05) is 26.4 Å². The summed E-state index contributed by atoms with van der Waals surface area (Å²) in [4.78, 5) is 59.1. The van der Waals surface area contributed by atoms with Crippen molar-refractivity contribution >= 4 is 37.7 Å². The van der Waals surface area contributed by atoms with Crippen molar-refractivity contribution in [3.63, 3.8) is 0 Å². The van der Waals surface area contributed by atoms with E-state index in [4.69, 9.17) is 42.0 Å². The monoisotopic (exact) mass is 542 g/mol. The van der Waals surface area contributed by atoms with Gasteiger partial charge in [0.15, 0.2) is 18.8 Å². The minimum atomic E-state index is -4.07. The van der Waals surface area contributed by atoms with Crippen molar-refractivity contribution in [1.29, 1.82) is 0 Å². The van der Waals surface area contributed by atoms with Crippen LogP contribution in [-0.2, 0) is 70.5 Å².